The molecular weight excluding hydrogens is 237 g/mol. The number of hydrogen-bond donors (Lipinski definition) is 1. The number of nitro groups is 1. The van der Waals surface area contributed by atoms with E-state index >= 15 is 0 Å². The van der Waals surface area contributed by atoms with Gasteiger partial charge in [-0.05, 0) is 31.0 Å². The largest absolute Gasteiger partial charge is 0.329 e. The lowest BCUT2D eigenvalue weighted by Crippen LogP contribution is -2.34. The molecule has 2 N–H and O–H groups in total. The Bertz CT molecular complexity index is 453. The number of benzene rings is 1. The molecule has 0 aromatic heterocycles. The monoisotopic (exact) mass is 253 g/mol. The van der Waals surface area contributed by atoms with Gasteiger partial charge >= 0.3 is 0 Å². The van der Waals surface area contributed by atoms with Crippen LogP contribution in [0.15, 0.2) is 18.2 Å². The van der Waals surface area contributed by atoms with Crippen molar-refractivity contribution in [2.75, 3.05) is 13.1 Å². The van der Waals surface area contributed by atoms with Gasteiger partial charge in [0.1, 0.15) is 5.82 Å². The Hall–Kier alpha value is -1.53. The molecular formula is C12H16FN3O2. The van der Waals surface area contributed by atoms with E-state index in [0.29, 0.717) is 24.7 Å². The number of halogens is 1. The predicted octanol–water partition coefficient (Wildman–Crippen LogP) is 1.66. The summed E-state index contributed by atoms with van der Waals surface area (Å²) in [5.41, 5.74) is 6.09. The van der Waals surface area contributed by atoms with Crippen molar-refractivity contribution in [2.45, 2.75) is 25.4 Å². The van der Waals surface area contributed by atoms with Crippen molar-refractivity contribution in [3.63, 3.8) is 0 Å². The quantitative estimate of drug-likeness (QED) is 0.654. The van der Waals surface area contributed by atoms with Crippen LogP contribution in [0.1, 0.15) is 18.4 Å². The van der Waals surface area contributed by atoms with Crippen LogP contribution < -0.4 is 5.73 Å². The highest BCUT2D eigenvalue weighted by Crippen LogP contribution is 2.22. The van der Waals surface area contributed by atoms with Crippen molar-refractivity contribution in [1.29, 1.82) is 0 Å². The van der Waals surface area contributed by atoms with Gasteiger partial charge in [-0.2, -0.15) is 0 Å². The number of hydrogen-bond acceptors (Lipinski definition) is 4. The zero-order valence-electron chi connectivity index (χ0n) is 10.0. The number of rotatable bonds is 4. The zero-order valence-corrected chi connectivity index (χ0v) is 10.0. The van der Waals surface area contributed by atoms with E-state index in [0.717, 1.165) is 25.5 Å². The van der Waals surface area contributed by atoms with Gasteiger partial charge in [0, 0.05) is 25.2 Å². The molecule has 1 unspecified atom stereocenters. The van der Waals surface area contributed by atoms with Gasteiger partial charge in [0.15, 0.2) is 0 Å². The third-order valence-corrected chi connectivity index (χ3v) is 3.31. The Labute approximate surface area is 105 Å². The molecule has 5 nitrogen and oxygen atoms in total. The van der Waals surface area contributed by atoms with E-state index in [4.69, 9.17) is 5.73 Å². The lowest BCUT2D eigenvalue weighted by Gasteiger charge is -2.22. The summed E-state index contributed by atoms with van der Waals surface area (Å²) in [7, 11) is 0. The smallest absolute Gasteiger partial charge is 0.272 e. The fourth-order valence-electron chi connectivity index (χ4n) is 2.43. The van der Waals surface area contributed by atoms with Crippen molar-refractivity contribution in [1.82, 2.24) is 4.90 Å². The minimum atomic E-state index is -0.572. The van der Waals surface area contributed by atoms with Gasteiger partial charge in [-0.15, -0.1) is 0 Å². The van der Waals surface area contributed by atoms with Gasteiger partial charge in [-0.3, -0.25) is 15.0 Å². The summed E-state index contributed by atoms with van der Waals surface area (Å²) >= 11 is 0. The zero-order chi connectivity index (χ0) is 13.1. The minimum Gasteiger partial charge on any atom is -0.329 e. The van der Waals surface area contributed by atoms with Crippen LogP contribution in [0.25, 0.3) is 0 Å². The maximum absolute atomic E-state index is 13.3. The van der Waals surface area contributed by atoms with Crippen molar-refractivity contribution in [3.8, 4) is 0 Å². The highest BCUT2D eigenvalue weighted by Gasteiger charge is 2.23. The second-order valence-electron chi connectivity index (χ2n) is 4.58. The van der Waals surface area contributed by atoms with Crippen molar-refractivity contribution >= 4 is 5.69 Å². The molecule has 0 saturated carbocycles. The molecule has 0 aliphatic carbocycles. The Morgan fingerprint density at radius 2 is 2.28 bits per heavy atom. The molecule has 1 atom stereocenters. The predicted molar refractivity (Wildman–Crippen MR) is 65.5 cm³/mol. The van der Waals surface area contributed by atoms with E-state index in [1.54, 1.807) is 0 Å². The molecule has 1 saturated heterocycles. The van der Waals surface area contributed by atoms with Gasteiger partial charge in [0.2, 0.25) is 0 Å². The molecule has 2 rings (SSSR count). The lowest BCUT2D eigenvalue weighted by atomic mass is 10.1. The first kappa shape index (κ1) is 12.9. The van der Waals surface area contributed by atoms with Gasteiger partial charge in [-0.25, -0.2) is 4.39 Å². The molecule has 0 bridgehead atoms. The second-order valence-corrected chi connectivity index (χ2v) is 4.58. The fraction of sp³-hybridized carbons (Fsp3) is 0.500. The van der Waals surface area contributed by atoms with Crippen molar-refractivity contribution in [3.05, 3.63) is 39.7 Å². The molecule has 0 radical (unpaired) electrons. The van der Waals surface area contributed by atoms with Crippen LogP contribution >= 0.6 is 0 Å². The first-order chi connectivity index (χ1) is 8.60. The molecule has 1 fully saturated rings. The molecule has 18 heavy (non-hydrogen) atoms. The molecule has 1 aromatic carbocycles. The Morgan fingerprint density at radius 3 is 2.94 bits per heavy atom. The molecule has 98 valence electrons. The summed E-state index contributed by atoms with van der Waals surface area (Å²) in [6.07, 6.45) is 2.10. The Morgan fingerprint density at radius 1 is 1.50 bits per heavy atom. The molecule has 1 aliphatic rings. The molecule has 1 heterocycles. The molecule has 1 aromatic rings. The van der Waals surface area contributed by atoms with Crippen LogP contribution in [0.5, 0.6) is 0 Å². The number of nitrogens with two attached hydrogens (primary N) is 1. The third kappa shape index (κ3) is 2.83. The molecule has 6 heteroatoms. The lowest BCUT2D eigenvalue weighted by molar-refractivity contribution is -0.385. The topological polar surface area (TPSA) is 72.4 Å². The van der Waals surface area contributed by atoms with Crippen LogP contribution in [-0.2, 0) is 6.54 Å². The Balaban J connectivity index is 2.16. The SMILES string of the molecule is NCC1CCCN1Cc1cc(F)cc([N+](=O)[O-])c1. The number of nitrogens with zero attached hydrogens (tertiary/aromatic N) is 2. The van der Waals surface area contributed by atoms with E-state index < -0.39 is 10.7 Å². The number of nitro benzene ring substituents is 1. The van der Waals surface area contributed by atoms with Crippen molar-refractivity contribution in [2.24, 2.45) is 5.73 Å². The van der Waals surface area contributed by atoms with Gasteiger partial charge in [0.25, 0.3) is 5.69 Å². The average Bonchev–Trinajstić information content (AvgIpc) is 2.75. The van der Waals surface area contributed by atoms with Gasteiger partial charge < -0.3 is 5.73 Å². The summed E-state index contributed by atoms with van der Waals surface area (Å²) < 4.78 is 13.3. The molecule has 0 amide bonds. The highest BCUT2D eigenvalue weighted by molar-refractivity contribution is 5.35. The van der Waals surface area contributed by atoms with Gasteiger partial charge in [0.05, 0.1) is 11.0 Å². The minimum absolute atomic E-state index is 0.200. The third-order valence-electron chi connectivity index (χ3n) is 3.31. The van der Waals surface area contributed by atoms with Crippen LogP contribution in [0, 0.1) is 15.9 Å². The number of non-ortho nitro benzene ring substituents is 1. The standard InChI is InChI=1S/C12H16FN3O2/c13-10-4-9(5-12(6-10)16(17)18)8-15-3-1-2-11(15)7-14/h4-6,11H,1-3,7-8,14H2. The van der Waals surface area contributed by atoms with Crippen molar-refractivity contribution < 1.29 is 9.31 Å². The van der Waals surface area contributed by atoms with Crippen LogP contribution in [-0.4, -0.2) is 29.0 Å². The van der Waals surface area contributed by atoms with E-state index in [-0.39, 0.29) is 5.69 Å². The average molecular weight is 253 g/mol. The van der Waals surface area contributed by atoms with E-state index in [2.05, 4.69) is 4.90 Å². The van der Waals surface area contributed by atoms with Crippen LogP contribution in [0.3, 0.4) is 0 Å². The van der Waals surface area contributed by atoms with Gasteiger partial charge in [-0.1, -0.05) is 0 Å². The normalized spacial score (nSPS) is 20.2. The summed E-state index contributed by atoms with van der Waals surface area (Å²) in [6.45, 7) is 1.99. The summed E-state index contributed by atoms with van der Waals surface area (Å²) in [6, 6.07) is 4.01. The maximum atomic E-state index is 13.3. The van der Waals surface area contributed by atoms with E-state index in [1.807, 2.05) is 0 Å². The second kappa shape index (κ2) is 5.41. The highest BCUT2D eigenvalue weighted by atomic mass is 19.1. The van der Waals surface area contributed by atoms with E-state index in [9.17, 15) is 14.5 Å². The maximum Gasteiger partial charge on any atom is 0.272 e. The summed E-state index contributed by atoms with van der Waals surface area (Å²) in [5.74, 6) is -0.567. The summed E-state index contributed by atoms with van der Waals surface area (Å²) in [5, 5.41) is 10.7. The molecule has 1 aliphatic heterocycles. The number of likely N-dealkylation sites (tertiary alicyclic amines) is 1. The van der Waals surface area contributed by atoms with Crippen LogP contribution in [0.2, 0.25) is 0 Å². The first-order valence-corrected chi connectivity index (χ1v) is 5.98. The molecule has 0 spiro atoms. The fourth-order valence-corrected chi connectivity index (χ4v) is 2.43. The van der Waals surface area contributed by atoms with Crippen LogP contribution in [0.4, 0.5) is 10.1 Å². The summed E-state index contributed by atoms with van der Waals surface area (Å²) in [4.78, 5) is 12.2. The van der Waals surface area contributed by atoms with E-state index in [1.165, 1.54) is 12.1 Å². The first-order valence-electron chi connectivity index (χ1n) is 5.98. The Kier molecular flexibility index (Phi) is 3.88.